The van der Waals surface area contributed by atoms with Crippen molar-refractivity contribution in [2.45, 2.75) is 60.8 Å². The SMILES string of the molecule is CCCCN1C[C@H](C(F)F)[C@@H](O)[C@H](Oc2cccc(S[C@H]3CNC[C@@H](O)[C@@H]3O)c2)C1. The van der Waals surface area contributed by atoms with Crippen molar-refractivity contribution in [1.82, 2.24) is 10.2 Å². The summed E-state index contributed by atoms with van der Waals surface area (Å²) in [5, 5.41) is 33.4. The highest BCUT2D eigenvalue weighted by molar-refractivity contribution is 8.00. The highest BCUT2D eigenvalue weighted by atomic mass is 32.2. The molecule has 0 saturated carbocycles. The smallest absolute Gasteiger partial charge is 0.245 e. The number of hydrogen-bond donors (Lipinski definition) is 4. The minimum absolute atomic E-state index is 0.170. The molecule has 6 atom stereocenters. The van der Waals surface area contributed by atoms with Gasteiger partial charge in [0.2, 0.25) is 6.43 Å². The number of benzene rings is 1. The van der Waals surface area contributed by atoms with Gasteiger partial charge in [-0.3, -0.25) is 4.90 Å². The Hall–Kier alpha value is -0.970. The maximum Gasteiger partial charge on any atom is 0.245 e. The number of nitrogens with one attached hydrogen (secondary N) is 1. The van der Waals surface area contributed by atoms with Crippen LogP contribution < -0.4 is 10.1 Å². The van der Waals surface area contributed by atoms with Crippen LogP contribution in [-0.2, 0) is 0 Å². The minimum atomic E-state index is -2.61. The Balaban J connectivity index is 1.67. The first-order chi connectivity index (χ1) is 14.4. The number of nitrogens with zero attached hydrogens (tertiary/aromatic N) is 1. The molecule has 9 heteroatoms. The Labute approximate surface area is 180 Å². The molecule has 1 aromatic carbocycles. The first kappa shape index (κ1) is 23.7. The summed E-state index contributed by atoms with van der Waals surface area (Å²) in [6.45, 7) is 4.26. The van der Waals surface area contributed by atoms with E-state index >= 15 is 0 Å². The number of unbranched alkanes of at least 4 members (excludes halogenated alkanes) is 1. The first-order valence-electron chi connectivity index (χ1n) is 10.6. The van der Waals surface area contributed by atoms with Crippen LogP contribution in [0.15, 0.2) is 29.2 Å². The molecule has 0 bridgehead atoms. The Morgan fingerprint density at radius 1 is 1.20 bits per heavy atom. The first-order valence-corrected chi connectivity index (χ1v) is 11.5. The van der Waals surface area contributed by atoms with Gasteiger partial charge in [0.05, 0.1) is 23.4 Å². The lowest BCUT2D eigenvalue weighted by Crippen LogP contribution is -2.56. The van der Waals surface area contributed by atoms with Crippen molar-refractivity contribution in [2.75, 3.05) is 32.7 Å². The highest BCUT2D eigenvalue weighted by Crippen LogP contribution is 2.32. The predicted octanol–water partition coefficient (Wildman–Crippen LogP) is 1.58. The molecule has 1 aromatic rings. The molecule has 0 aliphatic carbocycles. The second-order valence-electron chi connectivity index (χ2n) is 8.11. The van der Waals surface area contributed by atoms with Gasteiger partial charge in [0.15, 0.2) is 0 Å². The third-order valence-electron chi connectivity index (χ3n) is 5.73. The van der Waals surface area contributed by atoms with Crippen molar-refractivity contribution in [2.24, 2.45) is 5.92 Å². The van der Waals surface area contributed by atoms with E-state index in [4.69, 9.17) is 4.74 Å². The summed E-state index contributed by atoms with van der Waals surface area (Å²) < 4.78 is 32.9. The van der Waals surface area contributed by atoms with Gasteiger partial charge >= 0.3 is 0 Å². The van der Waals surface area contributed by atoms with Gasteiger partial charge in [-0.1, -0.05) is 19.4 Å². The van der Waals surface area contributed by atoms with Crippen molar-refractivity contribution in [3.63, 3.8) is 0 Å². The van der Waals surface area contributed by atoms with Crippen LogP contribution in [0.2, 0.25) is 0 Å². The Morgan fingerprint density at radius 3 is 2.73 bits per heavy atom. The minimum Gasteiger partial charge on any atom is -0.486 e. The van der Waals surface area contributed by atoms with Gasteiger partial charge in [0, 0.05) is 31.1 Å². The van der Waals surface area contributed by atoms with E-state index < -0.39 is 36.8 Å². The van der Waals surface area contributed by atoms with Gasteiger partial charge in [-0.25, -0.2) is 8.78 Å². The van der Waals surface area contributed by atoms with E-state index in [1.807, 2.05) is 11.0 Å². The molecule has 6 nitrogen and oxygen atoms in total. The highest BCUT2D eigenvalue weighted by Gasteiger charge is 2.41. The van der Waals surface area contributed by atoms with E-state index in [0.717, 1.165) is 17.7 Å². The van der Waals surface area contributed by atoms with Gasteiger partial charge in [0.25, 0.3) is 0 Å². The molecule has 0 radical (unpaired) electrons. The van der Waals surface area contributed by atoms with Crippen molar-refractivity contribution >= 4 is 11.8 Å². The maximum absolute atomic E-state index is 13.5. The zero-order chi connectivity index (χ0) is 21.7. The fourth-order valence-electron chi connectivity index (χ4n) is 3.96. The fourth-order valence-corrected chi connectivity index (χ4v) is 5.18. The van der Waals surface area contributed by atoms with Gasteiger partial charge in [-0.15, -0.1) is 11.8 Å². The molecule has 2 fully saturated rings. The van der Waals surface area contributed by atoms with Crippen LogP contribution in [-0.4, -0.2) is 89.0 Å². The number of thioether (sulfide) groups is 1. The van der Waals surface area contributed by atoms with Gasteiger partial charge in [-0.05, 0) is 31.2 Å². The molecule has 3 rings (SSSR count). The maximum atomic E-state index is 13.5. The van der Waals surface area contributed by atoms with Crippen LogP contribution in [0, 0.1) is 5.92 Å². The molecular weight excluding hydrogens is 414 g/mol. The van der Waals surface area contributed by atoms with Crippen LogP contribution in [0.3, 0.4) is 0 Å². The van der Waals surface area contributed by atoms with E-state index in [0.29, 0.717) is 31.9 Å². The number of likely N-dealkylation sites (tertiary alicyclic amines) is 1. The summed E-state index contributed by atoms with van der Waals surface area (Å²) in [4.78, 5) is 2.79. The third kappa shape index (κ3) is 6.05. The molecule has 4 N–H and O–H groups in total. The number of hydrogen-bond acceptors (Lipinski definition) is 7. The van der Waals surface area contributed by atoms with Crippen LogP contribution in [0.4, 0.5) is 8.78 Å². The van der Waals surface area contributed by atoms with Crippen molar-refractivity contribution < 1.29 is 28.8 Å². The number of halogens is 2. The Bertz CT molecular complexity index is 672. The van der Waals surface area contributed by atoms with Crippen LogP contribution in [0.1, 0.15) is 19.8 Å². The summed E-state index contributed by atoms with van der Waals surface area (Å²) in [7, 11) is 0. The molecule has 0 spiro atoms. The molecule has 2 aliphatic rings. The monoisotopic (exact) mass is 446 g/mol. The number of aliphatic hydroxyl groups excluding tert-OH is 3. The lowest BCUT2D eigenvalue weighted by molar-refractivity contribution is -0.108. The summed E-state index contributed by atoms with van der Waals surface area (Å²) in [5.41, 5.74) is 0. The van der Waals surface area contributed by atoms with E-state index in [9.17, 15) is 24.1 Å². The molecule has 30 heavy (non-hydrogen) atoms. The summed E-state index contributed by atoms with van der Waals surface area (Å²) in [5.74, 6) is -0.642. The van der Waals surface area contributed by atoms with Crippen molar-refractivity contribution in [1.29, 1.82) is 0 Å². The molecule has 2 aliphatic heterocycles. The van der Waals surface area contributed by atoms with E-state index in [1.165, 1.54) is 11.8 Å². The average Bonchev–Trinajstić information content (AvgIpc) is 2.72. The summed E-state index contributed by atoms with van der Waals surface area (Å²) in [6, 6.07) is 7.19. The molecule has 170 valence electrons. The fraction of sp³-hybridized carbons (Fsp3) is 0.714. The number of aliphatic hydroxyl groups is 3. The second kappa shape index (κ2) is 11.1. The van der Waals surface area contributed by atoms with Gasteiger partial charge < -0.3 is 25.4 Å². The van der Waals surface area contributed by atoms with E-state index in [-0.39, 0.29) is 11.8 Å². The topological polar surface area (TPSA) is 85.2 Å². The number of rotatable bonds is 8. The zero-order valence-corrected chi connectivity index (χ0v) is 18.0. The van der Waals surface area contributed by atoms with Crippen molar-refractivity contribution in [3.8, 4) is 5.75 Å². The van der Waals surface area contributed by atoms with Crippen LogP contribution in [0.25, 0.3) is 0 Å². The summed E-state index contributed by atoms with van der Waals surface area (Å²) in [6.07, 6.45) is -4.34. The quantitative estimate of drug-likeness (QED) is 0.483. The summed E-state index contributed by atoms with van der Waals surface area (Å²) >= 11 is 1.43. The standard InChI is InChI=1S/C21H32F2N2O4S/c1-2-3-7-25-11-15(21(22)23)19(27)17(12-25)29-13-5-4-6-14(8-13)30-18-10-24-9-16(26)20(18)28/h4-6,8,15-21,24,26-28H,2-3,7,9-12H2,1H3/t15-,16+,17+,18-,19+,20-/m0/s1. The third-order valence-corrected chi connectivity index (χ3v) is 7.01. The lowest BCUT2D eigenvalue weighted by Gasteiger charge is -2.41. The Morgan fingerprint density at radius 2 is 2.00 bits per heavy atom. The van der Waals surface area contributed by atoms with Crippen LogP contribution in [0.5, 0.6) is 5.75 Å². The Kier molecular flexibility index (Phi) is 8.73. The molecular formula is C21H32F2N2O4S. The zero-order valence-electron chi connectivity index (χ0n) is 17.2. The largest absolute Gasteiger partial charge is 0.486 e. The molecule has 0 aromatic heterocycles. The lowest BCUT2D eigenvalue weighted by atomic mass is 9.92. The molecule has 0 amide bonds. The number of alkyl halides is 2. The van der Waals surface area contributed by atoms with Gasteiger partial charge in [0.1, 0.15) is 18.0 Å². The van der Waals surface area contributed by atoms with Gasteiger partial charge in [-0.2, -0.15) is 0 Å². The number of piperidine rings is 2. The molecule has 2 heterocycles. The van der Waals surface area contributed by atoms with Crippen LogP contribution >= 0.6 is 11.8 Å². The van der Waals surface area contributed by atoms with E-state index in [2.05, 4.69) is 12.2 Å². The second-order valence-corrected chi connectivity index (χ2v) is 9.42. The normalized spacial score (nSPS) is 33.0. The predicted molar refractivity (Wildman–Crippen MR) is 112 cm³/mol. The molecule has 0 unspecified atom stereocenters. The molecule has 2 saturated heterocycles. The van der Waals surface area contributed by atoms with E-state index in [1.54, 1.807) is 18.2 Å². The number of β-amino-alcohol motifs (C(OH)–C–C–N with tert-alkyl or cyclic N) is 1. The average molecular weight is 447 g/mol. The number of ether oxygens (including phenoxy) is 1. The van der Waals surface area contributed by atoms with Crippen molar-refractivity contribution in [3.05, 3.63) is 24.3 Å².